The van der Waals surface area contributed by atoms with Crippen molar-refractivity contribution in [1.29, 1.82) is 0 Å². The van der Waals surface area contributed by atoms with Crippen LogP contribution in [-0.2, 0) is 9.59 Å². The predicted molar refractivity (Wildman–Crippen MR) is 96.7 cm³/mol. The van der Waals surface area contributed by atoms with Gasteiger partial charge in [-0.25, -0.2) is 4.39 Å². The molecule has 0 aliphatic carbocycles. The predicted octanol–water partition coefficient (Wildman–Crippen LogP) is 4.50. The molecule has 4 nitrogen and oxygen atoms in total. The Hall–Kier alpha value is -2.95. The summed E-state index contributed by atoms with van der Waals surface area (Å²) in [6.45, 7) is 6.59. The Kier molecular flexibility index (Phi) is 4.64. The van der Waals surface area contributed by atoms with Crippen molar-refractivity contribution in [2.45, 2.75) is 33.6 Å². The molecule has 0 unspecified atom stereocenters. The Morgan fingerprint density at radius 1 is 0.923 bits per heavy atom. The van der Waals surface area contributed by atoms with Crippen LogP contribution in [0, 0.1) is 5.82 Å². The summed E-state index contributed by atoms with van der Waals surface area (Å²) in [6, 6.07) is 9.50. The minimum atomic E-state index is -0.555. The van der Waals surface area contributed by atoms with E-state index in [9.17, 15) is 14.0 Å². The van der Waals surface area contributed by atoms with E-state index >= 15 is 0 Å². The van der Waals surface area contributed by atoms with E-state index in [1.165, 1.54) is 26.0 Å². The summed E-state index contributed by atoms with van der Waals surface area (Å²) >= 11 is 0. The zero-order chi connectivity index (χ0) is 19.0. The maximum atomic E-state index is 13.1. The van der Waals surface area contributed by atoms with Crippen LogP contribution in [0.4, 0.5) is 4.39 Å². The molecule has 0 amide bonds. The first kappa shape index (κ1) is 17.9. The van der Waals surface area contributed by atoms with E-state index in [-0.39, 0.29) is 17.4 Å². The number of rotatable bonds is 4. The van der Waals surface area contributed by atoms with Gasteiger partial charge in [0.25, 0.3) is 0 Å². The summed E-state index contributed by atoms with van der Waals surface area (Å²) in [7, 11) is 0. The van der Waals surface area contributed by atoms with Gasteiger partial charge in [-0.3, -0.25) is 9.59 Å². The number of dihydropyridines is 1. The molecule has 1 N–H and O–H groups in total. The second-order valence-corrected chi connectivity index (χ2v) is 6.46. The highest BCUT2D eigenvalue weighted by Crippen LogP contribution is 2.40. The van der Waals surface area contributed by atoms with Gasteiger partial charge in [-0.05, 0) is 64.1 Å². The smallest absolute Gasteiger partial charge is 0.158 e. The molecule has 1 aliphatic heterocycles. The number of furan rings is 1. The lowest BCUT2D eigenvalue weighted by molar-refractivity contribution is -0.114. The number of hydrogen-bond acceptors (Lipinski definition) is 4. The van der Waals surface area contributed by atoms with E-state index in [1.54, 1.807) is 24.3 Å². The maximum Gasteiger partial charge on any atom is 0.158 e. The molecule has 1 aliphatic rings. The van der Waals surface area contributed by atoms with Crippen LogP contribution in [0.2, 0.25) is 0 Å². The van der Waals surface area contributed by atoms with Crippen LogP contribution in [0.1, 0.15) is 39.4 Å². The molecule has 2 aromatic rings. The summed E-state index contributed by atoms with van der Waals surface area (Å²) in [6.07, 6.45) is 0. The highest BCUT2D eigenvalue weighted by Gasteiger charge is 2.35. The van der Waals surface area contributed by atoms with Crippen molar-refractivity contribution in [2.75, 3.05) is 0 Å². The van der Waals surface area contributed by atoms with Gasteiger partial charge in [-0.15, -0.1) is 0 Å². The third-order valence-corrected chi connectivity index (χ3v) is 4.56. The van der Waals surface area contributed by atoms with Crippen LogP contribution in [0.3, 0.4) is 0 Å². The molecule has 0 saturated heterocycles. The number of hydrogen-bond donors (Lipinski definition) is 1. The molecule has 5 heteroatoms. The van der Waals surface area contributed by atoms with E-state index < -0.39 is 5.92 Å². The van der Waals surface area contributed by atoms with Crippen LogP contribution in [-0.4, -0.2) is 11.6 Å². The SMILES string of the molecule is CC(=O)C1=C(C)NC(C)=C(C(C)=O)C1c1ccc(-c2ccc(F)cc2)o1. The molecule has 1 aromatic carbocycles. The van der Waals surface area contributed by atoms with E-state index in [2.05, 4.69) is 5.32 Å². The Labute approximate surface area is 151 Å². The van der Waals surface area contributed by atoms with E-state index in [1.807, 2.05) is 13.8 Å². The molecule has 1 aromatic heterocycles. The standard InChI is InChI=1S/C21H20FNO3/c1-11-19(13(3)24)21(20(14(4)25)12(2)23-11)18-10-9-17(26-18)15-5-7-16(22)8-6-15/h5-10,21,23H,1-4H3. The number of ketones is 2. The molecule has 0 spiro atoms. The van der Waals surface area contributed by atoms with Gasteiger partial charge in [-0.2, -0.15) is 0 Å². The number of carbonyl (C=O) groups excluding carboxylic acids is 2. The van der Waals surface area contributed by atoms with Gasteiger partial charge in [0, 0.05) is 28.1 Å². The lowest BCUT2D eigenvalue weighted by Gasteiger charge is -2.28. The van der Waals surface area contributed by atoms with Crippen LogP contribution in [0.15, 0.2) is 63.4 Å². The molecular formula is C21H20FNO3. The Balaban J connectivity index is 2.12. The number of carbonyl (C=O) groups is 2. The lowest BCUT2D eigenvalue weighted by Crippen LogP contribution is -2.29. The quantitative estimate of drug-likeness (QED) is 0.879. The Bertz CT molecular complexity index is 912. The van der Waals surface area contributed by atoms with Gasteiger partial charge in [-0.1, -0.05) is 0 Å². The van der Waals surface area contributed by atoms with Crippen molar-refractivity contribution in [3.05, 3.63) is 70.5 Å². The second-order valence-electron chi connectivity index (χ2n) is 6.46. The summed E-state index contributed by atoms with van der Waals surface area (Å²) < 4.78 is 19.1. The fourth-order valence-corrected chi connectivity index (χ4v) is 3.49. The third kappa shape index (κ3) is 3.12. The highest BCUT2D eigenvalue weighted by molar-refractivity contribution is 6.03. The van der Waals surface area contributed by atoms with Crippen LogP contribution < -0.4 is 5.32 Å². The van der Waals surface area contributed by atoms with Crippen molar-refractivity contribution < 1.29 is 18.4 Å². The summed E-state index contributed by atoms with van der Waals surface area (Å²) in [5.41, 5.74) is 3.18. The first-order valence-corrected chi connectivity index (χ1v) is 8.35. The average Bonchev–Trinajstić information content (AvgIpc) is 3.03. The van der Waals surface area contributed by atoms with Gasteiger partial charge < -0.3 is 9.73 Å². The number of nitrogens with one attached hydrogen (secondary N) is 1. The van der Waals surface area contributed by atoms with Crippen molar-refractivity contribution >= 4 is 11.6 Å². The summed E-state index contributed by atoms with van der Waals surface area (Å²) in [5.74, 6) is -0.0503. The number of allylic oxidation sites excluding steroid dienone is 4. The zero-order valence-corrected chi connectivity index (χ0v) is 15.1. The van der Waals surface area contributed by atoms with E-state index in [0.717, 1.165) is 5.56 Å². The van der Waals surface area contributed by atoms with Crippen LogP contribution in [0.25, 0.3) is 11.3 Å². The largest absolute Gasteiger partial charge is 0.460 e. The minimum Gasteiger partial charge on any atom is -0.460 e. The molecule has 0 saturated carbocycles. The molecule has 2 heterocycles. The molecule has 0 atom stereocenters. The fraction of sp³-hybridized carbons (Fsp3) is 0.238. The van der Waals surface area contributed by atoms with Gasteiger partial charge >= 0.3 is 0 Å². The Morgan fingerprint density at radius 3 is 1.96 bits per heavy atom. The van der Waals surface area contributed by atoms with Gasteiger partial charge in [0.05, 0.1) is 5.92 Å². The van der Waals surface area contributed by atoms with Crippen molar-refractivity contribution in [3.63, 3.8) is 0 Å². The highest BCUT2D eigenvalue weighted by atomic mass is 19.1. The average molecular weight is 353 g/mol. The topological polar surface area (TPSA) is 59.3 Å². The molecule has 3 rings (SSSR count). The zero-order valence-electron chi connectivity index (χ0n) is 15.1. The maximum absolute atomic E-state index is 13.1. The molecule has 26 heavy (non-hydrogen) atoms. The van der Waals surface area contributed by atoms with Gasteiger partial charge in [0.2, 0.25) is 0 Å². The third-order valence-electron chi connectivity index (χ3n) is 4.56. The molecule has 0 bridgehead atoms. The Morgan fingerprint density at radius 2 is 1.46 bits per heavy atom. The molecule has 134 valence electrons. The van der Waals surface area contributed by atoms with Crippen molar-refractivity contribution in [3.8, 4) is 11.3 Å². The van der Waals surface area contributed by atoms with E-state index in [4.69, 9.17) is 4.42 Å². The van der Waals surface area contributed by atoms with Crippen LogP contribution in [0.5, 0.6) is 0 Å². The van der Waals surface area contributed by atoms with Crippen LogP contribution >= 0.6 is 0 Å². The fourth-order valence-electron chi connectivity index (χ4n) is 3.49. The van der Waals surface area contributed by atoms with Gasteiger partial charge in [0.15, 0.2) is 11.6 Å². The van der Waals surface area contributed by atoms with Crippen molar-refractivity contribution in [2.24, 2.45) is 0 Å². The molecule has 0 radical (unpaired) electrons. The molecule has 0 fully saturated rings. The first-order chi connectivity index (χ1) is 12.3. The van der Waals surface area contributed by atoms with Gasteiger partial charge in [0.1, 0.15) is 17.3 Å². The first-order valence-electron chi connectivity index (χ1n) is 8.35. The van der Waals surface area contributed by atoms with E-state index in [0.29, 0.717) is 34.1 Å². The second kappa shape index (κ2) is 6.75. The summed E-state index contributed by atoms with van der Waals surface area (Å²) in [4.78, 5) is 24.5. The lowest BCUT2D eigenvalue weighted by atomic mass is 9.80. The number of Topliss-reactive ketones (excluding diaryl/α,β-unsaturated/α-hetero) is 2. The monoisotopic (exact) mass is 353 g/mol. The number of halogens is 1. The summed E-state index contributed by atoms with van der Waals surface area (Å²) in [5, 5.41) is 3.12. The minimum absolute atomic E-state index is 0.119. The number of benzene rings is 1. The van der Waals surface area contributed by atoms with Crippen molar-refractivity contribution in [1.82, 2.24) is 5.32 Å². The normalized spacial score (nSPS) is 15.3. The molecular weight excluding hydrogens is 333 g/mol.